The van der Waals surface area contributed by atoms with Crippen LogP contribution in [0.1, 0.15) is 85.1 Å². The van der Waals surface area contributed by atoms with Gasteiger partial charge in [-0.2, -0.15) is 0 Å². The first-order valence-electron chi connectivity index (χ1n) is 14.6. The van der Waals surface area contributed by atoms with Crippen LogP contribution in [-0.4, -0.2) is 80.9 Å². The van der Waals surface area contributed by atoms with E-state index in [9.17, 15) is 19.5 Å². The fourth-order valence-electron chi connectivity index (χ4n) is 6.83. The summed E-state index contributed by atoms with van der Waals surface area (Å²) in [5.74, 6) is -1.01. The van der Waals surface area contributed by atoms with Crippen LogP contribution in [0.3, 0.4) is 0 Å². The fourth-order valence-corrected chi connectivity index (χ4v) is 6.96. The highest BCUT2D eigenvalue weighted by Gasteiger charge is 2.50. The molecule has 8 heteroatoms. The largest absolute Gasteiger partial charge is 0.480 e. The molecule has 0 aromatic heterocycles. The molecule has 1 aliphatic carbocycles. The van der Waals surface area contributed by atoms with E-state index in [1.54, 1.807) is 4.90 Å². The van der Waals surface area contributed by atoms with E-state index in [1.165, 1.54) is 0 Å². The lowest BCUT2D eigenvalue weighted by Crippen LogP contribution is -2.51. The van der Waals surface area contributed by atoms with Crippen LogP contribution in [0.15, 0.2) is 24.3 Å². The molecule has 2 saturated heterocycles. The van der Waals surface area contributed by atoms with E-state index < -0.39 is 12.0 Å². The zero-order valence-corrected chi connectivity index (χ0v) is 25.2. The molecular weight excluding hydrogens is 514 g/mol. The summed E-state index contributed by atoms with van der Waals surface area (Å²) in [4.78, 5) is 46.2. The second-order valence-corrected chi connectivity index (χ2v) is 13.8. The van der Waals surface area contributed by atoms with E-state index in [-0.39, 0.29) is 60.2 Å². The minimum Gasteiger partial charge on any atom is -0.480 e. The number of nitrogens with zero attached hydrogens (tertiary/aromatic N) is 3. The predicted molar refractivity (Wildman–Crippen MR) is 154 cm³/mol. The first-order valence-corrected chi connectivity index (χ1v) is 15.0. The number of amides is 2. The summed E-state index contributed by atoms with van der Waals surface area (Å²) in [6, 6.07) is 6.56. The molecule has 1 saturated carbocycles. The maximum absolute atomic E-state index is 14.3. The highest BCUT2D eigenvalue weighted by Crippen LogP contribution is 2.40. The minimum atomic E-state index is -0.992. The Hall–Kier alpha value is -2.12. The van der Waals surface area contributed by atoms with Crippen molar-refractivity contribution in [1.29, 1.82) is 0 Å². The van der Waals surface area contributed by atoms with Gasteiger partial charge in [-0.25, -0.2) is 4.79 Å². The van der Waals surface area contributed by atoms with Crippen molar-refractivity contribution in [3.63, 3.8) is 0 Å². The predicted octanol–water partition coefficient (Wildman–Crippen LogP) is 5.27. The quantitative estimate of drug-likeness (QED) is 0.513. The Morgan fingerprint density at radius 2 is 1.59 bits per heavy atom. The van der Waals surface area contributed by atoms with E-state index in [1.807, 2.05) is 43.0 Å². The van der Waals surface area contributed by atoms with E-state index in [0.717, 1.165) is 37.8 Å². The summed E-state index contributed by atoms with van der Waals surface area (Å²) in [6.45, 7) is 14.1. The first kappa shape index (κ1) is 29.9. The van der Waals surface area contributed by atoms with E-state index in [2.05, 4.69) is 32.6 Å². The molecule has 2 heterocycles. The van der Waals surface area contributed by atoms with Gasteiger partial charge in [0.05, 0.1) is 12.0 Å². The third kappa shape index (κ3) is 6.45. The molecule has 0 spiro atoms. The summed E-state index contributed by atoms with van der Waals surface area (Å²) in [5.41, 5.74) is 0.915. The summed E-state index contributed by atoms with van der Waals surface area (Å²) in [6.07, 6.45) is 4.29. The highest BCUT2D eigenvalue weighted by molar-refractivity contribution is 6.30. The molecule has 1 aromatic carbocycles. The molecule has 3 fully saturated rings. The van der Waals surface area contributed by atoms with Crippen molar-refractivity contribution in [2.75, 3.05) is 19.6 Å². The van der Waals surface area contributed by atoms with Crippen molar-refractivity contribution in [1.82, 2.24) is 14.7 Å². The maximum Gasteiger partial charge on any atom is 0.326 e. The third-order valence-electron chi connectivity index (χ3n) is 9.25. The second kappa shape index (κ2) is 11.8. The monoisotopic (exact) mass is 559 g/mol. The van der Waals surface area contributed by atoms with Gasteiger partial charge in [-0.05, 0) is 70.1 Å². The van der Waals surface area contributed by atoms with Crippen LogP contribution < -0.4 is 0 Å². The zero-order valence-electron chi connectivity index (χ0n) is 24.4. The number of carbonyl (C=O) groups is 3. The van der Waals surface area contributed by atoms with E-state index in [4.69, 9.17) is 11.6 Å². The van der Waals surface area contributed by atoms with Crippen molar-refractivity contribution in [2.24, 2.45) is 17.8 Å². The lowest BCUT2D eigenvalue weighted by molar-refractivity contribution is -0.150. The number of rotatable bonds is 6. The van der Waals surface area contributed by atoms with Crippen LogP contribution in [0.2, 0.25) is 5.02 Å². The van der Waals surface area contributed by atoms with Crippen LogP contribution >= 0.6 is 11.6 Å². The molecule has 2 aliphatic heterocycles. The average molecular weight is 560 g/mol. The fraction of sp³-hybridized carbons (Fsp3) is 0.710. The van der Waals surface area contributed by atoms with Gasteiger partial charge >= 0.3 is 5.97 Å². The van der Waals surface area contributed by atoms with Gasteiger partial charge in [-0.3, -0.25) is 14.5 Å². The van der Waals surface area contributed by atoms with Crippen LogP contribution in [0.5, 0.6) is 0 Å². The summed E-state index contributed by atoms with van der Waals surface area (Å²) >= 11 is 6.16. The van der Waals surface area contributed by atoms with E-state index >= 15 is 0 Å². The maximum atomic E-state index is 14.3. The smallest absolute Gasteiger partial charge is 0.326 e. The second-order valence-electron chi connectivity index (χ2n) is 13.4. The Labute approximate surface area is 238 Å². The van der Waals surface area contributed by atoms with Gasteiger partial charge < -0.3 is 14.9 Å². The van der Waals surface area contributed by atoms with Gasteiger partial charge in [0.25, 0.3) is 0 Å². The van der Waals surface area contributed by atoms with Crippen molar-refractivity contribution in [2.45, 2.75) is 103 Å². The number of halogens is 1. The number of hydrogen-bond acceptors (Lipinski definition) is 4. The minimum absolute atomic E-state index is 0.0595. The van der Waals surface area contributed by atoms with Crippen LogP contribution in [-0.2, 0) is 14.4 Å². The van der Waals surface area contributed by atoms with Gasteiger partial charge in [0, 0.05) is 54.5 Å². The van der Waals surface area contributed by atoms with Gasteiger partial charge in [0.2, 0.25) is 11.8 Å². The number of likely N-dealkylation sites (tertiary alicyclic amines) is 2. The van der Waals surface area contributed by atoms with Gasteiger partial charge in [-0.15, -0.1) is 0 Å². The molecule has 2 amide bonds. The van der Waals surface area contributed by atoms with Gasteiger partial charge in [0.1, 0.15) is 6.04 Å². The average Bonchev–Trinajstić information content (AvgIpc) is 3.51. The molecule has 0 bridgehead atoms. The molecule has 216 valence electrons. The van der Waals surface area contributed by atoms with Crippen LogP contribution in [0.25, 0.3) is 0 Å². The van der Waals surface area contributed by atoms with Crippen molar-refractivity contribution < 1.29 is 19.5 Å². The molecule has 1 N–H and O–H groups in total. The highest BCUT2D eigenvalue weighted by atomic mass is 35.5. The first-order chi connectivity index (χ1) is 18.3. The molecule has 0 radical (unpaired) electrons. The third-order valence-corrected chi connectivity index (χ3v) is 9.50. The molecule has 2 unspecified atom stereocenters. The summed E-state index contributed by atoms with van der Waals surface area (Å²) in [7, 11) is 0. The normalized spacial score (nSPS) is 30.1. The van der Waals surface area contributed by atoms with E-state index in [0.29, 0.717) is 17.5 Å². The Bertz CT molecular complexity index is 1040. The number of aliphatic carboxylic acids is 1. The number of carbonyl (C=O) groups excluding carboxylic acids is 2. The standard InChI is InChI=1S/C31H46ClN3O4/c1-19(2)28(36)35(23-13-7-20(3)8-14-23)24-15-27(30(38)39)34(16-24)29(37)26-18-33(31(4,5)6)17-25(26)21-9-11-22(32)12-10-21/h9-12,19-20,23-27H,7-8,13-18H2,1-6H3,(H,38,39)/t20?,23?,24?,25-,26+,27?/m0/s1. The lowest BCUT2D eigenvalue weighted by Gasteiger charge is -2.41. The molecule has 3 aliphatic rings. The molecule has 39 heavy (non-hydrogen) atoms. The summed E-state index contributed by atoms with van der Waals surface area (Å²) < 4.78 is 0. The Kier molecular flexibility index (Phi) is 9.02. The SMILES string of the molecule is CC1CCC(N(C(=O)C(C)C)C2CC(C(=O)O)N(C(=O)[C@@H]3CN(C(C)(C)C)C[C@H]3c3ccc(Cl)cc3)C2)CC1. The molecule has 1 aromatic rings. The lowest BCUT2D eigenvalue weighted by atomic mass is 9.85. The molecule has 7 nitrogen and oxygen atoms in total. The van der Waals surface area contributed by atoms with Crippen molar-refractivity contribution in [3.05, 3.63) is 34.9 Å². The topological polar surface area (TPSA) is 81.2 Å². The number of carboxylic acid groups (broad SMARTS) is 1. The Balaban J connectivity index is 1.63. The molecule has 4 atom stereocenters. The summed E-state index contributed by atoms with van der Waals surface area (Å²) in [5, 5.41) is 10.9. The number of benzene rings is 1. The van der Waals surface area contributed by atoms with Gasteiger partial charge in [-0.1, -0.05) is 44.5 Å². The molecular formula is C31H46ClN3O4. The van der Waals surface area contributed by atoms with Crippen molar-refractivity contribution in [3.8, 4) is 0 Å². The number of hydrogen-bond donors (Lipinski definition) is 1. The number of carboxylic acids is 1. The van der Waals surface area contributed by atoms with Crippen molar-refractivity contribution >= 4 is 29.4 Å². The molecule has 4 rings (SSSR count). The van der Waals surface area contributed by atoms with Crippen LogP contribution in [0.4, 0.5) is 0 Å². The Morgan fingerprint density at radius 3 is 2.13 bits per heavy atom. The Morgan fingerprint density at radius 1 is 0.974 bits per heavy atom. The van der Waals surface area contributed by atoms with Gasteiger partial charge in [0.15, 0.2) is 0 Å². The van der Waals surface area contributed by atoms with Crippen LogP contribution in [0, 0.1) is 17.8 Å². The zero-order chi connectivity index (χ0) is 28.6.